The molecule has 1 saturated carbocycles. The van der Waals surface area contributed by atoms with Crippen LogP contribution in [0.15, 0.2) is 0 Å². The topological polar surface area (TPSA) is 81.9 Å². The number of aromatic nitrogens is 4. The van der Waals surface area contributed by atoms with Gasteiger partial charge in [-0.2, -0.15) is 4.80 Å². The van der Waals surface area contributed by atoms with Crippen molar-refractivity contribution < 1.29 is 9.53 Å². The van der Waals surface area contributed by atoms with Crippen molar-refractivity contribution in [2.24, 2.45) is 18.9 Å². The summed E-state index contributed by atoms with van der Waals surface area (Å²) < 4.78 is 5.20. The second kappa shape index (κ2) is 4.79. The summed E-state index contributed by atoms with van der Waals surface area (Å²) in [5, 5.41) is 14.9. The summed E-state index contributed by atoms with van der Waals surface area (Å²) >= 11 is 0. The van der Waals surface area contributed by atoms with Gasteiger partial charge in [-0.25, -0.2) is 4.79 Å². The van der Waals surface area contributed by atoms with Crippen LogP contribution in [0.4, 0.5) is 4.79 Å². The number of hydrogen-bond acceptors (Lipinski definition) is 5. The molecule has 0 spiro atoms. The Hall–Kier alpha value is -1.66. The van der Waals surface area contributed by atoms with Gasteiger partial charge in [-0.15, -0.1) is 10.2 Å². The van der Waals surface area contributed by atoms with Gasteiger partial charge in [0, 0.05) is 12.5 Å². The van der Waals surface area contributed by atoms with Crippen molar-refractivity contribution in [2.75, 3.05) is 6.54 Å². The number of rotatable bonds is 3. The smallest absolute Gasteiger partial charge is 0.407 e. The standard InChI is InChI=1S/C12H21N5O2/c1-7-8(6-13-11(18)19-12(2,3)4)9(7)10-14-16-17(5)15-10/h7-9H,6H2,1-5H3,(H,13,18)/t7-,8?,9?/m0/s1. The van der Waals surface area contributed by atoms with Crippen LogP contribution < -0.4 is 5.32 Å². The van der Waals surface area contributed by atoms with E-state index in [0.717, 1.165) is 5.82 Å². The fraction of sp³-hybridized carbons (Fsp3) is 0.833. The summed E-state index contributed by atoms with van der Waals surface area (Å²) in [6, 6.07) is 0. The first-order chi connectivity index (χ1) is 8.78. The summed E-state index contributed by atoms with van der Waals surface area (Å²) in [7, 11) is 1.75. The van der Waals surface area contributed by atoms with Gasteiger partial charge in [-0.05, 0) is 37.8 Å². The number of aryl methyl sites for hydroxylation is 1. The van der Waals surface area contributed by atoms with Crippen LogP contribution in [0.25, 0.3) is 0 Å². The van der Waals surface area contributed by atoms with Crippen molar-refractivity contribution in [3.63, 3.8) is 0 Å². The minimum absolute atomic E-state index is 0.281. The van der Waals surface area contributed by atoms with Crippen LogP contribution in [0.2, 0.25) is 0 Å². The second-order valence-corrected chi connectivity index (χ2v) is 6.07. The minimum Gasteiger partial charge on any atom is -0.444 e. The number of nitrogens with zero attached hydrogens (tertiary/aromatic N) is 4. The van der Waals surface area contributed by atoms with Gasteiger partial charge in [0.15, 0.2) is 5.82 Å². The minimum atomic E-state index is -0.467. The lowest BCUT2D eigenvalue weighted by Crippen LogP contribution is -2.33. The zero-order valence-electron chi connectivity index (χ0n) is 12.0. The van der Waals surface area contributed by atoms with E-state index in [9.17, 15) is 4.79 Å². The van der Waals surface area contributed by atoms with Gasteiger partial charge in [0.2, 0.25) is 0 Å². The Balaban J connectivity index is 1.81. The van der Waals surface area contributed by atoms with E-state index in [2.05, 4.69) is 27.7 Å². The molecule has 106 valence electrons. The lowest BCUT2D eigenvalue weighted by molar-refractivity contribution is 0.0524. The molecule has 0 aromatic carbocycles. The van der Waals surface area contributed by atoms with Crippen LogP contribution in [0, 0.1) is 11.8 Å². The molecule has 1 amide bonds. The first kappa shape index (κ1) is 13.8. The highest BCUT2D eigenvalue weighted by Gasteiger charge is 2.50. The molecule has 2 unspecified atom stereocenters. The Bertz CT molecular complexity index is 465. The molecule has 0 aliphatic heterocycles. The SMILES string of the molecule is C[C@H]1C(CNC(=O)OC(C)(C)C)C1c1nnn(C)n1. The summed E-state index contributed by atoms with van der Waals surface area (Å²) in [5.74, 6) is 1.85. The number of carbonyl (C=O) groups excluding carboxylic acids is 1. The van der Waals surface area contributed by atoms with E-state index >= 15 is 0 Å². The molecule has 1 fully saturated rings. The molecule has 0 saturated heterocycles. The number of alkyl carbamates (subject to hydrolysis) is 1. The van der Waals surface area contributed by atoms with Gasteiger partial charge in [-0.1, -0.05) is 6.92 Å². The van der Waals surface area contributed by atoms with Gasteiger partial charge >= 0.3 is 6.09 Å². The van der Waals surface area contributed by atoms with Gasteiger partial charge in [0.1, 0.15) is 5.60 Å². The van der Waals surface area contributed by atoms with E-state index in [-0.39, 0.29) is 12.0 Å². The quantitative estimate of drug-likeness (QED) is 0.886. The first-order valence-electron chi connectivity index (χ1n) is 6.48. The van der Waals surface area contributed by atoms with Crippen molar-refractivity contribution in [3.8, 4) is 0 Å². The van der Waals surface area contributed by atoms with Crippen molar-refractivity contribution in [1.29, 1.82) is 0 Å². The molecule has 7 heteroatoms. The third kappa shape index (κ3) is 3.42. The first-order valence-corrected chi connectivity index (χ1v) is 6.48. The van der Waals surface area contributed by atoms with Crippen LogP contribution >= 0.6 is 0 Å². The van der Waals surface area contributed by atoms with Gasteiger partial charge < -0.3 is 10.1 Å². The Labute approximate surface area is 112 Å². The highest BCUT2D eigenvalue weighted by Crippen LogP contribution is 2.51. The van der Waals surface area contributed by atoms with Gasteiger partial charge in [0.25, 0.3) is 0 Å². The zero-order valence-corrected chi connectivity index (χ0v) is 12.0. The molecule has 0 bridgehead atoms. The summed E-state index contributed by atoms with van der Waals surface area (Å²) in [5.41, 5.74) is -0.467. The molecular formula is C12H21N5O2. The predicted molar refractivity (Wildman–Crippen MR) is 68.4 cm³/mol. The van der Waals surface area contributed by atoms with E-state index in [0.29, 0.717) is 18.4 Å². The number of ether oxygens (including phenoxy) is 1. The Morgan fingerprint density at radius 1 is 1.47 bits per heavy atom. The predicted octanol–water partition coefficient (Wildman–Crippen LogP) is 1.08. The summed E-state index contributed by atoms with van der Waals surface area (Å²) in [6.07, 6.45) is -0.377. The van der Waals surface area contributed by atoms with Crippen LogP contribution in [0.1, 0.15) is 39.4 Å². The molecule has 1 heterocycles. The average Bonchev–Trinajstić information content (AvgIpc) is 2.68. The Kier molecular flexibility index (Phi) is 3.47. The van der Waals surface area contributed by atoms with Gasteiger partial charge in [-0.3, -0.25) is 0 Å². The van der Waals surface area contributed by atoms with E-state index in [1.807, 2.05) is 20.8 Å². The number of hydrogen-bond donors (Lipinski definition) is 1. The summed E-state index contributed by atoms with van der Waals surface area (Å²) in [4.78, 5) is 13.0. The van der Waals surface area contributed by atoms with Crippen LogP contribution in [-0.2, 0) is 11.8 Å². The molecule has 7 nitrogen and oxygen atoms in total. The molecule has 1 aromatic heterocycles. The maximum atomic E-state index is 11.6. The lowest BCUT2D eigenvalue weighted by atomic mass is 10.2. The number of carbonyl (C=O) groups is 1. The van der Waals surface area contributed by atoms with E-state index in [1.54, 1.807) is 7.05 Å². The Morgan fingerprint density at radius 2 is 2.16 bits per heavy atom. The maximum absolute atomic E-state index is 11.6. The molecule has 1 aliphatic rings. The fourth-order valence-electron chi connectivity index (χ4n) is 2.23. The molecule has 1 N–H and O–H groups in total. The molecule has 0 radical (unpaired) electrons. The average molecular weight is 267 g/mol. The highest BCUT2D eigenvalue weighted by molar-refractivity contribution is 5.67. The van der Waals surface area contributed by atoms with E-state index in [4.69, 9.17) is 4.74 Å². The number of amides is 1. The van der Waals surface area contributed by atoms with Crippen molar-refractivity contribution >= 4 is 6.09 Å². The molecule has 1 aromatic rings. The van der Waals surface area contributed by atoms with Crippen LogP contribution in [-0.4, -0.2) is 38.4 Å². The normalized spacial score (nSPS) is 26.1. The molecule has 2 rings (SSSR count). The third-order valence-electron chi connectivity index (χ3n) is 3.27. The number of nitrogens with one attached hydrogen (secondary N) is 1. The fourth-order valence-corrected chi connectivity index (χ4v) is 2.23. The molecule has 1 aliphatic carbocycles. The van der Waals surface area contributed by atoms with Gasteiger partial charge in [0.05, 0.1) is 7.05 Å². The van der Waals surface area contributed by atoms with Crippen LogP contribution in [0.5, 0.6) is 0 Å². The monoisotopic (exact) mass is 267 g/mol. The third-order valence-corrected chi connectivity index (χ3v) is 3.27. The number of tetrazole rings is 1. The van der Waals surface area contributed by atoms with E-state index in [1.165, 1.54) is 4.80 Å². The van der Waals surface area contributed by atoms with Crippen LogP contribution in [0.3, 0.4) is 0 Å². The molecule has 19 heavy (non-hydrogen) atoms. The second-order valence-electron chi connectivity index (χ2n) is 6.07. The lowest BCUT2D eigenvalue weighted by Gasteiger charge is -2.19. The molecule has 3 atom stereocenters. The van der Waals surface area contributed by atoms with Crippen molar-refractivity contribution in [3.05, 3.63) is 5.82 Å². The Morgan fingerprint density at radius 3 is 2.68 bits per heavy atom. The largest absolute Gasteiger partial charge is 0.444 e. The zero-order chi connectivity index (χ0) is 14.2. The maximum Gasteiger partial charge on any atom is 0.407 e. The van der Waals surface area contributed by atoms with Crippen molar-refractivity contribution in [1.82, 2.24) is 25.5 Å². The summed E-state index contributed by atoms with van der Waals surface area (Å²) in [6.45, 7) is 8.25. The molecular weight excluding hydrogens is 246 g/mol. The van der Waals surface area contributed by atoms with Crippen molar-refractivity contribution in [2.45, 2.75) is 39.2 Å². The van der Waals surface area contributed by atoms with E-state index < -0.39 is 5.60 Å². The highest BCUT2D eigenvalue weighted by atomic mass is 16.6.